The smallest absolute Gasteiger partial charge is 0.225 e. The van der Waals surface area contributed by atoms with E-state index in [0.717, 1.165) is 0 Å². The number of nitriles is 1. The first-order valence-electron chi connectivity index (χ1n) is 7.54. The summed E-state index contributed by atoms with van der Waals surface area (Å²) in [5.74, 6) is -0.398. The van der Waals surface area contributed by atoms with Crippen LogP contribution in [0.3, 0.4) is 0 Å². The van der Waals surface area contributed by atoms with E-state index in [1.54, 1.807) is 24.4 Å². The highest BCUT2D eigenvalue weighted by atomic mass is 35.5. The third kappa shape index (κ3) is 3.46. The standard InChI is InChI=1S/C16H16ClN5O2/c17-12-10-20-16(22-5-7-24-8-6-22)21-14(12)15(23)11(9-18)13-3-1-2-4-19-13/h1-4,10-11,15,23H,5-8H2. The Morgan fingerprint density at radius 2 is 2.08 bits per heavy atom. The molecule has 0 radical (unpaired) electrons. The molecule has 2 aromatic rings. The maximum Gasteiger partial charge on any atom is 0.225 e. The maximum absolute atomic E-state index is 10.7. The quantitative estimate of drug-likeness (QED) is 0.901. The molecule has 1 N–H and O–H groups in total. The number of hydrogen-bond donors (Lipinski definition) is 1. The van der Waals surface area contributed by atoms with Crippen molar-refractivity contribution in [3.63, 3.8) is 0 Å². The zero-order valence-corrected chi connectivity index (χ0v) is 13.6. The van der Waals surface area contributed by atoms with Gasteiger partial charge in [-0.1, -0.05) is 17.7 Å². The van der Waals surface area contributed by atoms with Crippen molar-refractivity contribution in [2.75, 3.05) is 31.2 Å². The zero-order chi connectivity index (χ0) is 16.9. The monoisotopic (exact) mass is 345 g/mol. The number of rotatable bonds is 4. The number of halogens is 1. The molecular weight excluding hydrogens is 330 g/mol. The van der Waals surface area contributed by atoms with Crippen LogP contribution in [0.1, 0.15) is 23.4 Å². The fraction of sp³-hybridized carbons (Fsp3) is 0.375. The Labute approximate surface area is 144 Å². The van der Waals surface area contributed by atoms with Crippen LogP contribution in [0.4, 0.5) is 5.95 Å². The van der Waals surface area contributed by atoms with Crippen LogP contribution in [0.15, 0.2) is 30.6 Å². The fourth-order valence-corrected chi connectivity index (χ4v) is 2.71. The minimum absolute atomic E-state index is 0.218. The van der Waals surface area contributed by atoms with E-state index in [1.807, 2.05) is 4.90 Å². The zero-order valence-electron chi connectivity index (χ0n) is 12.8. The molecule has 1 aliphatic heterocycles. The molecule has 3 heterocycles. The van der Waals surface area contributed by atoms with Gasteiger partial charge in [-0.2, -0.15) is 5.26 Å². The lowest BCUT2D eigenvalue weighted by atomic mass is 9.97. The number of ether oxygens (including phenoxy) is 1. The van der Waals surface area contributed by atoms with Gasteiger partial charge in [0.1, 0.15) is 12.0 Å². The number of aliphatic hydroxyl groups excluding tert-OH is 1. The molecule has 2 unspecified atom stereocenters. The maximum atomic E-state index is 10.7. The van der Waals surface area contributed by atoms with E-state index in [1.165, 1.54) is 6.20 Å². The topological polar surface area (TPSA) is 95.2 Å². The van der Waals surface area contributed by atoms with Crippen molar-refractivity contribution >= 4 is 17.5 Å². The SMILES string of the molecule is N#CC(c1ccccn1)C(O)c1nc(N2CCOCC2)ncc1Cl. The normalized spacial score (nSPS) is 17.1. The molecule has 0 amide bonds. The van der Waals surface area contributed by atoms with Crippen molar-refractivity contribution in [1.82, 2.24) is 15.0 Å². The predicted octanol–water partition coefficient (Wildman–Crippen LogP) is 1.70. The van der Waals surface area contributed by atoms with Crippen LogP contribution >= 0.6 is 11.6 Å². The molecule has 0 aliphatic carbocycles. The number of nitrogens with zero attached hydrogens (tertiary/aromatic N) is 5. The number of anilines is 1. The number of hydrogen-bond acceptors (Lipinski definition) is 7. The molecule has 1 saturated heterocycles. The summed E-state index contributed by atoms with van der Waals surface area (Å²) in [6.07, 6.45) is 1.83. The van der Waals surface area contributed by atoms with E-state index in [-0.39, 0.29) is 10.7 Å². The van der Waals surface area contributed by atoms with Gasteiger partial charge >= 0.3 is 0 Å². The van der Waals surface area contributed by atoms with Crippen molar-refractivity contribution in [3.05, 3.63) is 47.0 Å². The van der Waals surface area contributed by atoms with Crippen LogP contribution in [0.25, 0.3) is 0 Å². The number of morpholine rings is 1. The molecule has 1 aliphatic rings. The summed E-state index contributed by atoms with van der Waals surface area (Å²) in [6.45, 7) is 2.52. The Morgan fingerprint density at radius 1 is 1.29 bits per heavy atom. The molecule has 0 bridgehead atoms. The van der Waals surface area contributed by atoms with E-state index >= 15 is 0 Å². The van der Waals surface area contributed by atoms with E-state index < -0.39 is 12.0 Å². The van der Waals surface area contributed by atoms with E-state index in [9.17, 15) is 10.4 Å². The van der Waals surface area contributed by atoms with Crippen LogP contribution < -0.4 is 4.90 Å². The molecule has 2 atom stereocenters. The first-order valence-corrected chi connectivity index (χ1v) is 7.92. The van der Waals surface area contributed by atoms with Crippen LogP contribution in [-0.4, -0.2) is 46.4 Å². The summed E-state index contributed by atoms with van der Waals surface area (Å²) in [4.78, 5) is 14.7. The first kappa shape index (κ1) is 16.6. The molecule has 124 valence electrons. The summed E-state index contributed by atoms with van der Waals surface area (Å²) < 4.78 is 5.31. The molecular formula is C16H16ClN5O2. The summed E-state index contributed by atoms with van der Waals surface area (Å²) in [7, 11) is 0. The molecule has 1 fully saturated rings. The van der Waals surface area contributed by atoms with Crippen molar-refractivity contribution in [1.29, 1.82) is 5.26 Å². The van der Waals surface area contributed by atoms with Gasteiger partial charge < -0.3 is 14.7 Å². The van der Waals surface area contributed by atoms with Gasteiger partial charge in [-0.05, 0) is 12.1 Å². The third-order valence-electron chi connectivity index (χ3n) is 3.79. The fourth-order valence-electron chi connectivity index (χ4n) is 2.51. The number of aromatic nitrogens is 3. The lowest BCUT2D eigenvalue weighted by Crippen LogP contribution is -2.37. The summed E-state index contributed by atoms with van der Waals surface area (Å²) in [6, 6.07) is 7.28. The lowest BCUT2D eigenvalue weighted by molar-refractivity contribution is 0.121. The van der Waals surface area contributed by atoms with Crippen LogP contribution in [0.5, 0.6) is 0 Å². The summed E-state index contributed by atoms with van der Waals surface area (Å²) in [5, 5.41) is 20.3. The summed E-state index contributed by atoms with van der Waals surface area (Å²) >= 11 is 6.16. The average molecular weight is 346 g/mol. The van der Waals surface area contributed by atoms with Crippen molar-refractivity contribution < 1.29 is 9.84 Å². The number of aliphatic hydroxyl groups is 1. The van der Waals surface area contributed by atoms with Gasteiger partial charge in [0, 0.05) is 19.3 Å². The van der Waals surface area contributed by atoms with Gasteiger partial charge in [-0.3, -0.25) is 4.98 Å². The Bertz CT molecular complexity index is 731. The largest absolute Gasteiger partial charge is 0.385 e. The second-order valence-electron chi connectivity index (χ2n) is 5.31. The molecule has 8 heteroatoms. The van der Waals surface area contributed by atoms with Crippen molar-refractivity contribution in [3.8, 4) is 6.07 Å². The molecule has 0 saturated carbocycles. The van der Waals surface area contributed by atoms with E-state index in [4.69, 9.17) is 16.3 Å². The Kier molecular flexibility index (Phi) is 5.20. The van der Waals surface area contributed by atoms with Crippen LogP contribution in [-0.2, 0) is 4.74 Å². The van der Waals surface area contributed by atoms with Gasteiger partial charge in [0.2, 0.25) is 5.95 Å². The Morgan fingerprint density at radius 3 is 2.75 bits per heavy atom. The lowest BCUT2D eigenvalue weighted by Gasteiger charge is -2.27. The molecule has 24 heavy (non-hydrogen) atoms. The predicted molar refractivity (Wildman–Crippen MR) is 87.6 cm³/mol. The Balaban J connectivity index is 1.91. The highest BCUT2D eigenvalue weighted by Crippen LogP contribution is 2.32. The summed E-state index contributed by atoms with van der Waals surface area (Å²) in [5.41, 5.74) is 0.695. The second kappa shape index (κ2) is 7.53. The number of pyridine rings is 1. The minimum atomic E-state index is -1.19. The highest BCUT2D eigenvalue weighted by Gasteiger charge is 2.28. The van der Waals surface area contributed by atoms with Crippen molar-refractivity contribution in [2.24, 2.45) is 0 Å². The molecule has 0 aromatic carbocycles. The first-order chi connectivity index (χ1) is 11.7. The highest BCUT2D eigenvalue weighted by molar-refractivity contribution is 6.31. The van der Waals surface area contributed by atoms with Gasteiger partial charge in [0.05, 0.1) is 41.9 Å². The van der Waals surface area contributed by atoms with E-state index in [0.29, 0.717) is 37.9 Å². The van der Waals surface area contributed by atoms with Crippen molar-refractivity contribution in [2.45, 2.75) is 12.0 Å². The average Bonchev–Trinajstić information content (AvgIpc) is 2.64. The van der Waals surface area contributed by atoms with Gasteiger partial charge in [-0.15, -0.1) is 0 Å². The molecule has 2 aromatic heterocycles. The minimum Gasteiger partial charge on any atom is -0.385 e. The van der Waals surface area contributed by atoms with E-state index in [2.05, 4.69) is 21.0 Å². The van der Waals surface area contributed by atoms with Gasteiger partial charge in [0.15, 0.2) is 0 Å². The van der Waals surface area contributed by atoms with Gasteiger partial charge in [0.25, 0.3) is 0 Å². The van der Waals surface area contributed by atoms with Gasteiger partial charge in [-0.25, -0.2) is 9.97 Å². The molecule has 0 spiro atoms. The molecule has 3 rings (SSSR count). The molecule has 7 nitrogen and oxygen atoms in total. The van der Waals surface area contributed by atoms with Crippen LogP contribution in [0.2, 0.25) is 5.02 Å². The third-order valence-corrected chi connectivity index (χ3v) is 4.09. The Hall–Kier alpha value is -2.27. The van der Waals surface area contributed by atoms with Crippen LogP contribution in [0, 0.1) is 11.3 Å². The second-order valence-corrected chi connectivity index (χ2v) is 5.72.